The summed E-state index contributed by atoms with van der Waals surface area (Å²) in [5, 5.41) is 0. The van der Waals surface area contributed by atoms with Crippen molar-refractivity contribution >= 4 is 5.78 Å². The molecule has 0 amide bonds. The van der Waals surface area contributed by atoms with E-state index in [1.54, 1.807) is 0 Å². The molecule has 0 aromatic heterocycles. The lowest BCUT2D eigenvalue weighted by molar-refractivity contribution is -0.117. The van der Waals surface area contributed by atoms with Crippen LogP contribution in [0, 0.1) is 5.92 Å². The van der Waals surface area contributed by atoms with E-state index in [0.29, 0.717) is 11.7 Å². The third kappa shape index (κ3) is 3.96. The maximum absolute atomic E-state index is 12.2. The van der Waals surface area contributed by atoms with E-state index >= 15 is 0 Å². The summed E-state index contributed by atoms with van der Waals surface area (Å²) >= 11 is 0. The molecule has 0 bridgehead atoms. The average Bonchev–Trinajstić information content (AvgIpc) is 2.31. The van der Waals surface area contributed by atoms with Crippen LogP contribution in [0.25, 0.3) is 0 Å². The number of hydrogen-bond donors (Lipinski definition) is 0. The van der Waals surface area contributed by atoms with Crippen molar-refractivity contribution in [3.8, 4) is 0 Å². The zero-order chi connectivity index (χ0) is 12.8. The molecule has 2 rings (SSSR count). The van der Waals surface area contributed by atoms with E-state index in [1.165, 1.54) is 75.4 Å². The van der Waals surface area contributed by atoms with Gasteiger partial charge in [-0.05, 0) is 43.6 Å². The van der Waals surface area contributed by atoms with Gasteiger partial charge < -0.3 is 0 Å². The predicted molar refractivity (Wildman–Crippen MR) is 76.6 cm³/mol. The highest BCUT2D eigenvalue weighted by Gasteiger charge is 2.24. The van der Waals surface area contributed by atoms with Crippen molar-refractivity contribution in [2.45, 2.75) is 84.0 Å². The van der Waals surface area contributed by atoms with Gasteiger partial charge in [0.1, 0.15) is 0 Å². The van der Waals surface area contributed by atoms with E-state index in [-0.39, 0.29) is 0 Å². The Hall–Kier alpha value is -0.590. The van der Waals surface area contributed by atoms with Gasteiger partial charge in [0.2, 0.25) is 0 Å². The Balaban J connectivity index is 2.05. The Morgan fingerprint density at radius 2 is 1.33 bits per heavy atom. The molecule has 2 aliphatic carbocycles. The smallest absolute Gasteiger partial charge is 0.159 e. The van der Waals surface area contributed by atoms with Gasteiger partial charge in [-0.3, -0.25) is 4.79 Å². The molecule has 0 radical (unpaired) electrons. The van der Waals surface area contributed by atoms with Crippen LogP contribution < -0.4 is 0 Å². The monoisotopic (exact) mass is 248 g/mol. The summed E-state index contributed by atoms with van der Waals surface area (Å²) in [6.45, 7) is 2.23. The number of allylic oxidation sites excluding steroid dienone is 2. The molecule has 0 unspecified atom stereocenters. The van der Waals surface area contributed by atoms with Crippen LogP contribution >= 0.6 is 0 Å². The molecule has 0 saturated heterocycles. The molecule has 0 heterocycles. The minimum Gasteiger partial charge on any atom is -0.295 e. The van der Waals surface area contributed by atoms with Gasteiger partial charge in [0.05, 0.1) is 0 Å². The van der Waals surface area contributed by atoms with E-state index in [0.717, 1.165) is 12.8 Å². The first-order valence-corrected chi connectivity index (χ1v) is 8.01. The zero-order valence-electron chi connectivity index (χ0n) is 12.0. The van der Waals surface area contributed by atoms with Gasteiger partial charge in [-0.15, -0.1) is 0 Å². The Morgan fingerprint density at radius 3 is 2.00 bits per heavy atom. The van der Waals surface area contributed by atoms with E-state index in [4.69, 9.17) is 0 Å². The minimum absolute atomic E-state index is 0.473. The molecule has 1 atom stereocenters. The standard InChI is InChI=1S/C17H28O/c1-14-12-15-10-8-6-4-2-3-5-7-9-11-16(15)17(18)13-14/h14H,2-13H2,1H3/t14-/m0/s1. The lowest BCUT2D eigenvalue weighted by Crippen LogP contribution is -2.18. The molecule has 0 aromatic rings. The quantitative estimate of drug-likeness (QED) is 0.576. The molecule has 0 fully saturated rings. The first-order valence-electron chi connectivity index (χ1n) is 8.01. The molecule has 0 aliphatic heterocycles. The van der Waals surface area contributed by atoms with Crippen LogP contribution in [0.15, 0.2) is 11.1 Å². The topological polar surface area (TPSA) is 17.1 Å². The third-order valence-corrected chi connectivity index (χ3v) is 4.55. The zero-order valence-corrected chi connectivity index (χ0v) is 12.0. The number of Topliss-reactive ketones (excluding diaryl/α,β-unsaturated/α-hetero) is 1. The van der Waals surface area contributed by atoms with Gasteiger partial charge in [0.25, 0.3) is 0 Å². The van der Waals surface area contributed by atoms with Crippen molar-refractivity contribution in [2.75, 3.05) is 0 Å². The van der Waals surface area contributed by atoms with Crippen LogP contribution in [0.5, 0.6) is 0 Å². The van der Waals surface area contributed by atoms with Gasteiger partial charge in [0.15, 0.2) is 5.78 Å². The molecule has 102 valence electrons. The van der Waals surface area contributed by atoms with E-state index in [1.807, 2.05) is 0 Å². The SMILES string of the molecule is C[C@@H]1CC(=O)C2=C(CCCCCCCCCC2)C1. The maximum Gasteiger partial charge on any atom is 0.159 e. The fourth-order valence-corrected chi connectivity index (χ4v) is 3.52. The minimum atomic E-state index is 0.473. The summed E-state index contributed by atoms with van der Waals surface area (Å²) in [7, 11) is 0. The largest absolute Gasteiger partial charge is 0.295 e. The Morgan fingerprint density at radius 1 is 0.778 bits per heavy atom. The van der Waals surface area contributed by atoms with E-state index < -0.39 is 0 Å². The van der Waals surface area contributed by atoms with Gasteiger partial charge in [0, 0.05) is 6.42 Å². The fraction of sp³-hybridized carbons (Fsp3) is 0.824. The highest BCUT2D eigenvalue weighted by molar-refractivity contribution is 5.97. The highest BCUT2D eigenvalue weighted by Crippen LogP contribution is 2.33. The predicted octanol–water partition coefficient (Wildman–Crippen LogP) is 5.20. The van der Waals surface area contributed by atoms with Crippen molar-refractivity contribution in [2.24, 2.45) is 5.92 Å². The summed E-state index contributed by atoms with van der Waals surface area (Å²) in [6.07, 6.45) is 15.1. The van der Waals surface area contributed by atoms with Crippen molar-refractivity contribution < 1.29 is 4.79 Å². The number of carbonyl (C=O) groups excluding carboxylic acids is 1. The molecule has 0 spiro atoms. The van der Waals surface area contributed by atoms with Crippen LogP contribution in [0.4, 0.5) is 0 Å². The Labute approximate surface area is 112 Å². The van der Waals surface area contributed by atoms with Gasteiger partial charge in [-0.2, -0.15) is 0 Å². The van der Waals surface area contributed by atoms with Gasteiger partial charge in [-0.25, -0.2) is 0 Å². The molecule has 1 nitrogen and oxygen atoms in total. The average molecular weight is 248 g/mol. The lowest BCUT2D eigenvalue weighted by atomic mass is 9.80. The van der Waals surface area contributed by atoms with Gasteiger partial charge in [-0.1, -0.05) is 51.0 Å². The highest BCUT2D eigenvalue weighted by atomic mass is 16.1. The van der Waals surface area contributed by atoms with Crippen molar-refractivity contribution in [3.63, 3.8) is 0 Å². The fourth-order valence-electron chi connectivity index (χ4n) is 3.52. The van der Waals surface area contributed by atoms with Crippen molar-refractivity contribution in [1.29, 1.82) is 0 Å². The molecule has 18 heavy (non-hydrogen) atoms. The first-order chi connectivity index (χ1) is 8.77. The maximum atomic E-state index is 12.2. The summed E-state index contributed by atoms with van der Waals surface area (Å²) in [5.74, 6) is 1.06. The third-order valence-electron chi connectivity index (χ3n) is 4.55. The summed E-state index contributed by atoms with van der Waals surface area (Å²) < 4.78 is 0. The first kappa shape index (κ1) is 13.8. The number of ketones is 1. The molecule has 2 aliphatic rings. The van der Waals surface area contributed by atoms with Crippen LogP contribution in [0.2, 0.25) is 0 Å². The van der Waals surface area contributed by atoms with Crippen LogP contribution in [0.1, 0.15) is 84.0 Å². The van der Waals surface area contributed by atoms with Crippen LogP contribution in [0.3, 0.4) is 0 Å². The molecule has 0 saturated carbocycles. The molecule has 1 heteroatoms. The molecule has 0 aromatic carbocycles. The van der Waals surface area contributed by atoms with Crippen molar-refractivity contribution in [1.82, 2.24) is 0 Å². The molecule has 0 N–H and O–H groups in total. The second kappa shape index (κ2) is 7.11. The van der Waals surface area contributed by atoms with E-state index in [9.17, 15) is 4.79 Å². The van der Waals surface area contributed by atoms with Crippen LogP contribution in [-0.4, -0.2) is 5.78 Å². The summed E-state index contributed by atoms with van der Waals surface area (Å²) in [5.41, 5.74) is 2.77. The second-order valence-corrected chi connectivity index (χ2v) is 6.35. The number of hydrogen-bond acceptors (Lipinski definition) is 1. The Bertz CT molecular complexity index is 314. The molecular formula is C17H28O. The van der Waals surface area contributed by atoms with Crippen molar-refractivity contribution in [3.05, 3.63) is 11.1 Å². The summed E-state index contributed by atoms with van der Waals surface area (Å²) in [6, 6.07) is 0. The summed E-state index contributed by atoms with van der Waals surface area (Å²) in [4.78, 5) is 12.2. The number of carbonyl (C=O) groups is 1. The Kier molecular flexibility index (Phi) is 5.46. The van der Waals surface area contributed by atoms with Crippen LogP contribution in [-0.2, 0) is 4.79 Å². The van der Waals surface area contributed by atoms with Gasteiger partial charge >= 0.3 is 0 Å². The normalized spacial score (nSPS) is 28.3. The number of rotatable bonds is 0. The van der Waals surface area contributed by atoms with E-state index in [2.05, 4.69) is 6.92 Å². The second-order valence-electron chi connectivity index (χ2n) is 6.35. The molecular weight excluding hydrogens is 220 g/mol. The lowest BCUT2D eigenvalue weighted by Gasteiger charge is -2.24.